The van der Waals surface area contributed by atoms with Crippen molar-refractivity contribution in [1.29, 1.82) is 0 Å². The maximum Gasteiger partial charge on any atom is 0.305 e. The van der Waals surface area contributed by atoms with Gasteiger partial charge in [-0.1, -0.05) is 309 Å². The van der Waals surface area contributed by atoms with Gasteiger partial charge in [0.05, 0.1) is 25.4 Å². The number of allylic oxidation sites excluding steroid dienone is 2. The van der Waals surface area contributed by atoms with E-state index in [1.807, 2.05) is 0 Å². The molecule has 0 bridgehead atoms. The lowest BCUT2D eigenvalue weighted by Gasteiger charge is -2.22. The van der Waals surface area contributed by atoms with Crippen LogP contribution >= 0.6 is 0 Å². The molecule has 0 radical (unpaired) electrons. The van der Waals surface area contributed by atoms with Gasteiger partial charge in [-0.15, -0.1) is 0 Å². The van der Waals surface area contributed by atoms with E-state index in [0.29, 0.717) is 25.9 Å². The monoisotopic (exact) mass is 988 g/mol. The molecule has 1 amide bonds. The Bertz CT molecular complexity index is 1050. The number of rotatable bonds is 60. The molecule has 0 aliphatic carbocycles. The maximum absolute atomic E-state index is 12.5. The summed E-state index contributed by atoms with van der Waals surface area (Å²) < 4.78 is 5.50. The van der Waals surface area contributed by atoms with E-state index in [1.54, 1.807) is 0 Å². The molecule has 0 aromatic rings. The topological polar surface area (TPSA) is 95.9 Å². The van der Waals surface area contributed by atoms with Gasteiger partial charge in [-0.25, -0.2) is 0 Å². The van der Waals surface area contributed by atoms with Crippen LogP contribution in [0.1, 0.15) is 361 Å². The van der Waals surface area contributed by atoms with Crippen LogP contribution in [0.5, 0.6) is 0 Å². The molecule has 6 heteroatoms. The van der Waals surface area contributed by atoms with Gasteiger partial charge in [-0.3, -0.25) is 9.59 Å². The average molecular weight is 989 g/mol. The summed E-state index contributed by atoms with van der Waals surface area (Å²) in [5, 5.41) is 23.2. The van der Waals surface area contributed by atoms with Crippen molar-refractivity contribution in [2.75, 3.05) is 13.2 Å². The lowest BCUT2D eigenvalue weighted by atomic mass is 10.0. The molecule has 416 valence electrons. The van der Waals surface area contributed by atoms with Gasteiger partial charge in [-0.05, 0) is 51.4 Å². The first kappa shape index (κ1) is 68.6. The zero-order valence-corrected chi connectivity index (χ0v) is 47.5. The largest absolute Gasteiger partial charge is 0.466 e. The number of aliphatic hydroxyl groups excluding tert-OH is 2. The highest BCUT2D eigenvalue weighted by Crippen LogP contribution is 2.18. The van der Waals surface area contributed by atoms with E-state index >= 15 is 0 Å². The molecular formula is C64H125NO5. The molecule has 6 nitrogen and oxygen atoms in total. The van der Waals surface area contributed by atoms with Crippen molar-refractivity contribution in [2.24, 2.45) is 0 Å². The number of hydrogen-bond acceptors (Lipinski definition) is 5. The van der Waals surface area contributed by atoms with Crippen molar-refractivity contribution < 1.29 is 24.5 Å². The van der Waals surface area contributed by atoms with Gasteiger partial charge in [0, 0.05) is 12.8 Å². The molecule has 0 saturated carbocycles. The Labute approximate surface area is 438 Å². The van der Waals surface area contributed by atoms with Crippen LogP contribution in [0, 0.1) is 0 Å². The summed E-state index contributed by atoms with van der Waals surface area (Å²) in [4.78, 5) is 24.5. The third-order valence-corrected chi connectivity index (χ3v) is 15.1. The van der Waals surface area contributed by atoms with Gasteiger partial charge < -0.3 is 20.3 Å². The first-order chi connectivity index (χ1) is 34.5. The van der Waals surface area contributed by atoms with E-state index in [9.17, 15) is 19.8 Å². The van der Waals surface area contributed by atoms with E-state index in [1.165, 1.54) is 289 Å². The van der Waals surface area contributed by atoms with Crippen molar-refractivity contribution in [3.8, 4) is 0 Å². The second kappa shape index (κ2) is 60.2. The second-order valence-corrected chi connectivity index (χ2v) is 22.1. The highest BCUT2D eigenvalue weighted by atomic mass is 16.5. The zero-order valence-electron chi connectivity index (χ0n) is 47.5. The van der Waals surface area contributed by atoms with Crippen molar-refractivity contribution in [3.05, 3.63) is 12.2 Å². The van der Waals surface area contributed by atoms with E-state index in [-0.39, 0.29) is 18.5 Å². The minimum atomic E-state index is -0.664. The van der Waals surface area contributed by atoms with Crippen LogP contribution in [0.25, 0.3) is 0 Å². The number of esters is 1. The smallest absolute Gasteiger partial charge is 0.305 e. The van der Waals surface area contributed by atoms with Gasteiger partial charge >= 0.3 is 5.97 Å². The normalized spacial score (nSPS) is 12.6. The van der Waals surface area contributed by atoms with Gasteiger partial charge in [0.2, 0.25) is 5.91 Å². The third-order valence-electron chi connectivity index (χ3n) is 15.1. The van der Waals surface area contributed by atoms with Gasteiger partial charge in [-0.2, -0.15) is 0 Å². The molecule has 0 aromatic heterocycles. The number of nitrogens with one attached hydrogen (secondary N) is 1. The molecule has 0 aromatic carbocycles. The molecular weight excluding hydrogens is 863 g/mol. The Morgan fingerprint density at radius 3 is 1.01 bits per heavy atom. The van der Waals surface area contributed by atoms with Crippen LogP contribution in [0.3, 0.4) is 0 Å². The third kappa shape index (κ3) is 55.9. The van der Waals surface area contributed by atoms with Crippen LogP contribution in [-0.4, -0.2) is 47.4 Å². The molecule has 2 atom stereocenters. The van der Waals surface area contributed by atoms with E-state index in [4.69, 9.17) is 4.74 Å². The molecule has 0 rings (SSSR count). The first-order valence-electron chi connectivity index (χ1n) is 31.9. The average Bonchev–Trinajstić information content (AvgIpc) is 3.36. The molecule has 0 aliphatic rings. The summed E-state index contributed by atoms with van der Waals surface area (Å²) >= 11 is 0. The predicted molar refractivity (Wildman–Crippen MR) is 306 cm³/mol. The summed E-state index contributed by atoms with van der Waals surface area (Å²) in [6, 6.07) is -0.542. The SMILES string of the molecule is CCCCCCCCCCCCCCCCCCC(=O)OCCCCCCCCCCCCCC/C=C\CCCCCCCCCCCC(=O)NC(CO)C(O)CCCCCCCCCCCCCC. The molecule has 0 fully saturated rings. The number of unbranched alkanes of at least 4 members (excludes halogenated alkanes) is 47. The van der Waals surface area contributed by atoms with E-state index in [0.717, 1.165) is 38.5 Å². The summed E-state index contributed by atoms with van der Waals surface area (Å²) in [5.41, 5.74) is 0. The highest BCUT2D eigenvalue weighted by Gasteiger charge is 2.20. The molecule has 0 saturated heterocycles. The van der Waals surface area contributed by atoms with Gasteiger partial charge in [0.15, 0.2) is 0 Å². The Morgan fingerprint density at radius 2 is 0.671 bits per heavy atom. The number of hydrogen-bond donors (Lipinski definition) is 3. The maximum atomic E-state index is 12.5. The first-order valence-corrected chi connectivity index (χ1v) is 31.9. The summed E-state index contributed by atoms with van der Waals surface area (Å²) in [6.45, 7) is 4.97. The fraction of sp³-hybridized carbons (Fsp3) is 0.938. The van der Waals surface area contributed by atoms with Crippen molar-refractivity contribution in [1.82, 2.24) is 5.32 Å². The number of ether oxygens (including phenoxy) is 1. The molecule has 0 heterocycles. The number of amides is 1. The summed E-state index contributed by atoms with van der Waals surface area (Å²) in [5.74, 6) is -0.0193. The van der Waals surface area contributed by atoms with E-state index in [2.05, 4.69) is 31.3 Å². The number of carbonyl (C=O) groups is 2. The van der Waals surface area contributed by atoms with Crippen LogP contribution in [0.4, 0.5) is 0 Å². The number of carbonyl (C=O) groups excluding carboxylic acids is 2. The second-order valence-electron chi connectivity index (χ2n) is 22.1. The van der Waals surface area contributed by atoms with Crippen LogP contribution in [0.15, 0.2) is 12.2 Å². The van der Waals surface area contributed by atoms with E-state index < -0.39 is 12.1 Å². The van der Waals surface area contributed by atoms with Crippen LogP contribution < -0.4 is 5.32 Å². The van der Waals surface area contributed by atoms with Gasteiger partial charge in [0.1, 0.15) is 0 Å². The van der Waals surface area contributed by atoms with Crippen molar-refractivity contribution in [2.45, 2.75) is 373 Å². The molecule has 2 unspecified atom stereocenters. The lowest BCUT2D eigenvalue weighted by molar-refractivity contribution is -0.143. The quantitative estimate of drug-likeness (QED) is 0.0321. The predicted octanol–water partition coefficient (Wildman–Crippen LogP) is 20.0. The highest BCUT2D eigenvalue weighted by molar-refractivity contribution is 5.76. The van der Waals surface area contributed by atoms with Crippen LogP contribution in [0.2, 0.25) is 0 Å². The molecule has 70 heavy (non-hydrogen) atoms. The molecule has 3 N–H and O–H groups in total. The Hall–Kier alpha value is -1.40. The minimum Gasteiger partial charge on any atom is -0.466 e. The Kier molecular flexibility index (Phi) is 59.0. The van der Waals surface area contributed by atoms with Crippen molar-refractivity contribution in [3.63, 3.8) is 0 Å². The fourth-order valence-corrected chi connectivity index (χ4v) is 10.2. The summed E-state index contributed by atoms with van der Waals surface area (Å²) in [7, 11) is 0. The summed E-state index contributed by atoms with van der Waals surface area (Å²) in [6.07, 6.45) is 72.3. The molecule has 0 aliphatic heterocycles. The number of aliphatic hydroxyl groups is 2. The standard InChI is InChI=1S/C64H125NO5/c1-3-5-7-9-11-13-15-17-18-31-34-38-42-46-50-54-58-64(69)70-59-55-51-47-43-39-35-32-29-27-25-23-21-19-20-22-24-26-28-30-33-37-41-45-49-53-57-63(68)65-61(60-66)62(67)56-52-48-44-40-36-16-14-12-10-8-6-4-2/h20,22,61-62,66-67H,3-19,21,23-60H2,1-2H3,(H,65,68)/b22-20-. The van der Waals surface area contributed by atoms with Crippen molar-refractivity contribution >= 4 is 11.9 Å². The lowest BCUT2D eigenvalue weighted by Crippen LogP contribution is -2.45. The Balaban J connectivity index is 3.36. The molecule has 0 spiro atoms. The fourth-order valence-electron chi connectivity index (χ4n) is 10.2. The van der Waals surface area contributed by atoms with Crippen LogP contribution in [-0.2, 0) is 14.3 Å². The Morgan fingerprint density at radius 1 is 0.386 bits per heavy atom. The minimum absolute atomic E-state index is 0.0176. The zero-order chi connectivity index (χ0) is 50.7. The van der Waals surface area contributed by atoms with Gasteiger partial charge in [0.25, 0.3) is 0 Å².